The monoisotopic (exact) mass is 516 g/mol. The molecule has 38 heavy (non-hydrogen) atoms. The zero-order valence-corrected chi connectivity index (χ0v) is 21.5. The molecular formula is C27H32N8O3. The van der Waals surface area contributed by atoms with Gasteiger partial charge in [0.05, 0.1) is 0 Å². The van der Waals surface area contributed by atoms with E-state index < -0.39 is 0 Å². The third-order valence-corrected chi connectivity index (χ3v) is 7.20. The Morgan fingerprint density at radius 1 is 1.05 bits per heavy atom. The fourth-order valence-electron chi connectivity index (χ4n) is 4.93. The van der Waals surface area contributed by atoms with Gasteiger partial charge < -0.3 is 25.3 Å². The zero-order chi connectivity index (χ0) is 26.6. The first-order valence-electron chi connectivity index (χ1n) is 12.8. The summed E-state index contributed by atoms with van der Waals surface area (Å²) in [4.78, 5) is 51.1. The van der Waals surface area contributed by atoms with Gasteiger partial charge in [-0.1, -0.05) is 6.58 Å². The van der Waals surface area contributed by atoms with Gasteiger partial charge in [0.2, 0.25) is 11.9 Å². The molecule has 2 saturated heterocycles. The number of pyridine rings is 1. The maximum absolute atomic E-state index is 12.7. The molecule has 2 N–H and O–H groups in total. The third-order valence-electron chi connectivity index (χ3n) is 7.20. The molecular weight excluding hydrogens is 484 g/mol. The number of hydrogen-bond acceptors (Lipinski definition) is 7. The fourth-order valence-corrected chi connectivity index (χ4v) is 4.93. The lowest BCUT2D eigenvalue weighted by Crippen LogP contribution is -2.51. The first-order chi connectivity index (χ1) is 18.4. The van der Waals surface area contributed by atoms with Crippen LogP contribution in [0.25, 0.3) is 11.0 Å². The van der Waals surface area contributed by atoms with E-state index in [-0.39, 0.29) is 17.5 Å². The molecule has 0 saturated carbocycles. The zero-order valence-electron chi connectivity index (χ0n) is 21.5. The molecule has 2 aliphatic rings. The fraction of sp³-hybridized carbons (Fsp3) is 0.370. The molecule has 2 aromatic heterocycles. The summed E-state index contributed by atoms with van der Waals surface area (Å²) in [6.45, 7) is 8.33. The van der Waals surface area contributed by atoms with E-state index in [9.17, 15) is 14.4 Å². The van der Waals surface area contributed by atoms with Crippen LogP contribution in [0, 0.1) is 5.92 Å². The number of aryl methyl sites for hydroxylation is 1. The predicted molar refractivity (Wildman–Crippen MR) is 147 cm³/mol. The molecule has 1 aromatic carbocycles. The predicted octanol–water partition coefficient (Wildman–Crippen LogP) is 2.03. The van der Waals surface area contributed by atoms with Crippen LogP contribution in [-0.4, -0.2) is 82.6 Å². The number of fused-ring (bicyclic) bond motifs is 1. The van der Waals surface area contributed by atoms with E-state index in [1.54, 1.807) is 34.8 Å². The van der Waals surface area contributed by atoms with Gasteiger partial charge in [0.1, 0.15) is 5.65 Å². The number of carbonyl (C=O) groups is 2. The minimum atomic E-state index is -0.110. The van der Waals surface area contributed by atoms with Gasteiger partial charge >= 0.3 is 6.03 Å². The second-order valence-corrected chi connectivity index (χ2v) is 9.60. The molecule has 11 heteroatoms. The van der Waals surface area contributed by atoms with Gasteiger partial charge in [-0.3, -0.25) is 14.2 Å². The van der Waals surface area contributed by atoms with Crippen LogP contribution in [0.15, 0.2) is 60.0 Å². The van der Waals surface area contributed by atoms with E-state index in [0.717, 1.165) is 36.3 Å². The average Bonchev–Trinajstić information content (AvgIpc) is 2.93. The number of nitrogens with one attached hydrogen (secondary N) is 2. The lowest BCUT2D eigenvalue weighted by molar-refractivity contribution is -0.132. The van der Waals surface area contributed by atoms with Crippen LogP contribution in [-0.2, 0) is 11.3 Å². The van der Waals surface area contributed by atoms with E-state index in [2.05, 4.69) is 32.1 Å². The maximum Gasteiger partial charge on any atom is 0.317 e. The molecule has 198 valence electrons. The Morgan fingerprint density at radius 2 is 1.79 bits per heavy atom. The van der Waals surface area contributed by atoms with Crippen molar-refractivity contribution >= 4 is 40.3 Å². The Kier molecular flexibility index (Phi) is 7.25. The minimum Gasteiger partial charge on any atom is -0.368 e. The number of hydrogen-bond donors (Lipinski definition) is 2. The van der Waals surface area contributed by atoms with E-state index in [1.807, 2.05) is 29.2 Å². The van der Waals surface area contributed by atoms with Crippen LogP contribution >= 0.6 is 0 Å². The topological polar surface area (TPSA) is 116 Å². The van der Waals surface area contributed by atoms with Gasteiger partial charge in [-0.25, -0.2) is 9.78 Å². The lowest BCUT2D eigenvalue weighted by Gasteiger charge is -2.38. The van der Waals surface area contributed by atoms with Crippen LogP contribution in [0.5, 0.6) is 0 Å². The van der Waals surface area contributed by atoms with Crippen molar-refractivity contribution in [3.05, 3.63) is 65.6 Å². The third kappa shape index (κ3) is 5.31. The molecule has 2 aliphatic heterocycles. The van der Waals surface area contributed by atoms with Crippen molar-refractivity contribution in [3.63, 3.8) is 0 Å². The molecule has 2 fully saturated rings. The number of urea groups is 1. The first kappa shape index (κ1) is 25.2. The van der Waals surface area contributed by atoms with Crippen LogP contribution in [0.1, 0.15) is 6.42 Å². The molecule has 0 atom stereocenters. The summed E-state index contributed by atoms with van der Waals surface area (Å²) < 4.78 is 1.68. The molecule has 0 unspecified atom stereocenters. The summed E-state index contributed by atoms with van der Waals surface area (Å²) >= 11 is 0. The number of amides is 3. The molecule has 4 heterocycles. The van der Waals surface area contributed by atoms with Crippen molar-refractivity contribution in [2.24, 2.45) is 5.92 Å². The van der Waals surface area contributed by atoms with E-state index >= 15 is 0 Å². The maximum atomic E-state index is 12.7. The molecule has 0 spiro atoms. The van der Waals surface area contributed by atoms with Crippen molar-refractivity contribution in [2.75, 3.05) is 56.5 Å². The van der Waals surface area contributed by atoms with Gasteiger partial charge in [0, 0.05) is 81.9 Å². The van der Waals surface area contributed by atoms with Crippen molar-refractivity contribution in [1.29, 1.82) is 0 Å². The van der Waals surface area contributed by atoms with Gasteiger partial charge in [0.15, 0.2) is 0 Å². The SMILES string of the molecule is C=CC(=O)N1CC(CCn2c(=O)ccc3cnc(Nc4ccc(N5CCN(C(=O)NC)CC5)cc4)nc32)C1. The lowest BCUT2D eigenvalue weighted by atomic mass is 9.96. The number of rotatable bonds is 7. The first-order valence-corrected chi connectivity index (χ1v) is 12.8. The highest BCUT2D eigenvalue weighted by Crippen LogP contribution is 2.23. The highest BCUT2D eigenvalue weighted by Gasteiger charge is 2.29. The molecule has 0 bridgehead atoms. The van der Waals surface area contributed by atoms with Crippen LogP contribution < -0.4 is 21.1 Å². The molecule has 0 radical (unpaired) electrons. The van der Waals surface area contributed by atoms with Crippen molar-refractivity contribution in [2.45, 2.75) is 13.0 Å². The standard InChI is InChI=1S/C27H32N8O3/c1-3-23(36)34-17-19(18-34)10-11-35-24(37)9-4-20-16-29-26(31-25(20)35)30-21-5-7-22(8-6-21)32-12-14-33(15-13-32)27(38)28-2/h3-9,16,19H,1,10-15,17-18H2,2H3,(H,28,38)(H,29,30,31). The summed E-state index contributed by atoms with van der Waals surface area (Å²) in [6.07, 6.45) is 3.83. The average molecular weight is 517 g/mol. The normalized spacial score (nSPS) is 15.8. The smallest absolute Gasteiger partial charge is 0.317 e. The van der Waals surface area contributed by atoms with Crippen molar-refractivity contribution in [1.82, 2.24) is 29.7 Å². The van der Waals surface area contributed by atoms with Crippen molar-refractivity contribution < 1.29 is 9.59 Å². The number of benzene rings is 1. The van der Waals surface area contributed by atoms with E-state index in [1.165, 1.54) is 6.08 Å². The van der Waals surface area contributed by atoms with E-state index in [0.29, 0.717) is 50.2 Å². The summed E-state index contributed by atoms with van der Waals surface area (Å²) in [7, 11) is 1.65. The van der Waals surface area contributed by atoms with E-state index in [4.69, 9.17) is 0 Å². The van der Waals surface area contributed by atoms with Gasteiger partial charge in [0.25, 0.3) is 5.56 Å². The Labute approximate surface area is 220 Å². The quantitative estimate of drug-likeness (QED) is 0.462. The summed E-state index contributed by atoms with van der Waals surface area (Å²) in [5, 5.41) is 6.71. The molecule has 3 aromatic rings. The van der Waals surface area contributed by atoms with Crippen LogP contribution in [0.4, 0.5) is 22.1 Å². The number of piperazine rings is 1. The number of anilines is 3. The Balaban J connectivity index is 1.24. The molecule has 0 aliphatic carbocycles. The second-order valence-electron chi connectivity index (χ2n) is 9.60. The van der Waals surface area contributed by atoms with Gasteiger partial charge in [-0.05, 0) is 48.7 Å². The number of likely N-dealkylation sites (tertiary alicyclic amines) is 1. The van der Waals surface area contributed by atoms with Gasteiger partial charge in [-0.2, -0.15) is 4.98 Å². The van der Waals surface area contributed by atoms with Crippen LogP contribution in [0.3, 0.4) is 0 Å². The number of nitrogens with zero attached hydrogens (tertiary/aromatic N) is 6. The summed E-state index contributed by atoms with van der Waals surface area (Å²) in [5.41, 5.74) is 2.40. The van der Waals surface area contributed by atoms with Gasteiger partial charge in [-0.15, -0.1) is 0 Å². The summed E-state index contributed by atoms with van der Waals surface area (Å²) in [5.74, 6) is 0.713. The highest BCUT2D eigenvalue weighted by atomic mass is 16.2. The molecule has 5 rings (SSSR count). The Bertz CT molecular complexity index is 1390. The minimum absolute atomic E-state index is 0.0420. The second kappa shape index (κ2) is 10.9. The number of aromatic nitrogens is 3. The van der Waals surface area contributed by atoms with Crippen molar-refractivity contribution in [3.8, 4) is 0 Å². The Morgan fingerprint density at radius 3 is 2.47 bits per heavy atom. The largest absolute Gasteiger partial charge is 0.368 e. The summed E-state index contributed by atoms with van der Waals surface area (Å²) in [6, 6.07) is 11.3. The molecule has 3 amide bonds. The Hall–Kier alpha value is -4.41. The molecule has 11 nitrogen and oxygen atoms in total. The number of carbonyl (C=O) groups excluding carboxylic acids is 2. The highest BCUT2D eigenvalue weighted by molar-refractivity contribution is 5.87. The van der Waals surface area contributed by atoms with Crippen LogP contribution in [0.2, 0.25) is 0 Å².